The van der Waals surface area contributed by atoms with Gasteiger partial charge in [0.25, 0.3) is 0 Å². The molecule has 2 rings (SSSR count). The molecule has 1 aromatic carbocycles. The predicted octanol–water partition coefficient (Wildman–Crippen LogP) is 2.42. The van der Waals surface area contributed by atoms with Crippen LogP contribution in [0.25, 0.3) is 0 Å². The fourth-order valence-electron chi connectivity index (χ4n) is 1.57. The predicted molar refractivity (Wildman–Crippen MR) is 66.6 cm³/mol. The molecule has 1 aromatic heterocycles. The van der Waals surface area contributed by atoms with Crippen LogP contribution in [0.3, 0.4) is 0 Å². The van der Waals surface area contributed by atoms with E-state index >= 15 is 0 Å². The Hall–Kier alpha value is -2.17. The molecule has 0 aliphatic heterocycles. The van der Waals surface area contributed by atoms with Crippen molar-refractivity contribution >= 4 is 11.7 Å². The van der Waals surface area contributed by atoms with E-state index in [0.29, 0.717) is 18.8 Å². The lowest BCUT2D eigenvalue weighted by Gasteiger charge is -2.02. The molecule has 0 spiro atoms. The number of halogens is 1. The number of anilines is 1. The van der Waals surface area contributed by atoms with Crippen LogP contribution in [0, 0.1) is 5.82 Å². The van der Waals surface area contributed by atoms with Crippen LogP contribution in [0.15, 0.2) is 36.5 Å². The van der Waals surface area contributed by atoms with Gasteiger partial charge in [0.15, 0.2) is 5.82 Å². The first-order valence-corrected chi connectivity index (χ1v) is 5.75. The SMILES string of the molecule is CCC(=O)Nc1ccn(Cc2cccc(F)c2)n1. The van der Waals surface area contributed by atoms with Crippen LogP contribution in [0.1, 0.15) is 18.9 Å². The molecular formula is C13H14FN3O. The molecule has 1 amide bonds. The summed E-state index contributed by atoms with van der Waals surface area (Å²) in [5, 5.41) is 6.85. The first-order chi connectivity index (χ1) is 8.67. The van der Waals surface area contributed by atoms with Crippen LogP contribution in [-0.2, 0) is 11.3 Å². The molecular weight excluding hydrogens is 233 g/mol. The number of carbonyl (C=O) groups is 1. The van der Waals surface area contributed by atoms with Crippen molar-refractivity contribution in [1.29, 1.82) is 0 Å². The van der Waals surface area contributed by atoms with Crippen LogP contribution in [0.2, 0.25) is 0 Å². The van der Waals surface area contributed by atoms with Gasteiger partial charge in [-0.25, -0.2) is 4.39 Å². The van der Waals surface area contributed by atoms with Crippen molar-refractivity contribution in [3.63, 3.8) is 0 Å². The van der Waals surface area contributed by atoms with Crippen molar-refractivity contribution in [2.24, 2.45) is 0 Å². The molecule has 4 nitrogen and oxygen atoms in total. The fourth-order valence-corrected chi connectivity index (χ4v) is 1.57. The van der Waals surface area contributed by atoms with Crippen molar-refractivity contribution in [1.82, 2.24) is 9.78 Å². The Morgan fingerprint density at radius 2 is 2.28 bits per heavy atom. The van der Waals surface area contributed by atoms with Gasteiger partial charge < -0.3 is 5.32 Å². The maximum atomic E-state index is 13.0. The Morgan fingerprint density at radius 1 is 1.44 bits per heavy atom. The first kappa shape index (κ1) is 12.3. The number of rotatable bonds is 4. The van der Waals surface area contributed by atoms with Gasteiger partial charge in [-0.15, -0.1) is 0 Å². The minimum atomic E-state index is -0.265. The zero-order chi connectivity index (χ0) is 13.0. The second-order valence-electron chi connectivity index (χ2n) is 3.93. The Labute approximate surface area is 104 Å². The molecule has 0 atom stereocenters. The molecule has 0 saturated heterocycles. The Bertz CT molecular complexity index is 551. The Balaban J connectivity index is 2.04. The molecule has 0 unspecified atom stereocenters. The lowest BCUT2D eigenvalue weighted by atomic mass is 10.2. The molecule has 0 aliphatic carbocycles. The number of nitrogens with zero attached hydrogens (tertiary/aromatic N) is 2. The lowest BCUT2D eigenvalue weighted by Crippen LogP contribution is -2.10. The van der Waals surface area contributed by atoms with Crippen molar-refractivity contribution in [2.75, 3.05) is 5.32 Å². The third-order valence-electron chi connectivity index (χ3n) is 2.46. The third kappa shape index (κ3) is 3.16. The van der Waals surface area contributed by atoms with E-state index in [2.05, 4.69) is 10.4 Å². The molecule has 18 heavy (non-hydrogen) atoms. The minimum Gasteiger partial charge on any atom is -0.309 e. The average molecular weight is 247 g/mol. The average Bonchev–Trinajstić information content (AvgIpc) is 2.76. The summed E-state index contributed by atoms with van der Waals surface area (Å²) in [5.74, 6) is 0.170. The second kappa shape index (κ2) is 5.44. The number of amides is 1. The van der Waals surface area contributed by atoms with Gasteiger partial charge in [0.2, 0.25) is 5.91 Å². The highest BCUT2D eigenvalue weighted by Gasteiger charge is 2.03. The summed E-state index contributed by atoms with van der Waals surface area (Å²) in [7, 11) is 0. The normalized spacial score (nSPS) is 10.3. The Morgan fingerprint density at radius 3 is 3.00 bits per heavy atom. The number of carbonyl (C=O) groups excluding carboxylic acids is 1. The summed E-state index contributed by atoms with van der Waals surface area (Å²) in [4.78, 5) is 11.2. The molecule has 94 valence electrons. The molecule has 0 radical (unpaired) electrons. The van der Waals surface area contributed by atoms with Gasteiger partial charge >= 0.3 is 0 Å². The van der Waals surface area contributed by atoms with Crippen LogP contribution < -0.4 is 5.32 Å². The van der Waals surface area contributed by atoms with Crippen LogP contribution >= 0.6 is 0 Å². The highest BCUT2D eigenvalue weighted by Crippen LogP contribution is 2.08. The maximum Gasteiger partial charge on any atom is 0.225 e. The summed E-state index contributed by atoms with van der Waals surface area (Å²) >= 11 is 0. The van der Waals surface area contributed by atoms with Gasteiger partial charge in [0.05, 0.1) is 6.54 Å². The number of nitrogens with one attached hydrogen (secondary N) is 1. The van der Waals surface area contributed by atoms with E-state index in [-0.39, 0.29) is 11.7 Å². The van der Waals surface area contributed by atoms with Crippen molar-refractivity contribution < 1.29 is 9.18 Å². The number of benzene rings is 1. The van der Waals surface area contributed by atoms with E-state index in [1.54, 1.807) is 29.9 Å². The molecule has 0 saturated carbocycles. The topological polar surface area (TPSA) is 46.9 Å². The zero-order valence-corrected chi connectivity index (χ0v) is 10.1. The van der Waals surface area contributed by atoms with E-state index in [4.69, 9.17) is 0 Å². The molecule has 0 bridgehead atoms. The highest BCUT2D eigenvalue weighted by atomic mass is 19.1. The number of aromatic nitrogens is 2. The summed E-state index contributed by atoms with van der Waals surface area (Å²) in [6, 6.07) is 8.07. The smallest absolute Gasteiger partial charge is 0.225 e. The standard InChI is InChI=1S/C13H14FN3O/c1-2-13(18)15-12-6-7-17(16-12)9-10-4-3-5-11(14)8-10/h3-8H,2,9H2,1H3,(H,15,16,18). The van der Waals surface area contributed by atoms with Gasteiger partial charge in [0, 0.05) is 18.7 Å². The van der Waals surface area contributed by atoms with Crippen LogP contribution in [0.4, 0.5) is 10.2 Å². The molecule has 1 heterocycles. The quantitative estimate of drug-likeness (QED) is 0.901. The summed E-state index contributed by atoms with van der Waals surface area (Å²) < 4.78 is 14.7. The largest absolute Gasteiger partial charge is 0.309 e. The summed E-state index contributed by atoms with van der Waals surface area (Å²) in [6.07, 6.45) is 2.16. The maximum absolute atomic E-state index is 13.0. The van der Waals surface area contributed by atoms with E-state index in [0.717, 1.165) is 5.56 Å². The second-order valence-corrected chi connectivity index (χ2v) is 3.93. The van der Waals surface area contributed by atoms with Gasteiger partial charge in [-0.2, -0.15) is 5.10 Å². The van der Waals surface area contributed by atoms with Gasteiger partial charge in [-0.1, -0.05) is 19.1 Å². The summed E-state index contributed by atoms with van der Waals surface area (Å²) in [5.41, 5.74) is 0.825. The van der Waals surface area contributed by atoms with E-state index in [1.807, 2.05) is 6.07 Å². The molecule has 1 N–H and O–H groups in total. The third-order valence-corrected chi connectivity index (χ3v) is 2.46. The summed E-state index contributed by atoms with van der Waals surface area (Å²) in [6.45, 7) is 2.25. The lowest BCUT2D eigenvalue weighted by molar-refractivity contribution is -0.115. The monoisotopic (exact) mass is 247 g/mol. The first-order valence-electron chi connectivity index (χ1n) is 5.75. The van der Waals surface area contributed by atoms with E-state index in [1.165, 1.54) is 12.1 Å². The Kier molecular flexibility index (Phi) is 3.72. The number of hydrogen-bond donors (Lipinski definition) is 1. The minimum absolute atomic E-state index is 0.0778. The fraction of sp³-hybridized carbons (Fsp3) is 0.231. The molecule has 0 aliphatic rings. The van der Waals surface area contributed by atoms with Crippen molar-refractivity contribution in [3.05, 3.63) is 47.9 Å². The van der Waals surface area contributed by atoms with Crippen molar-refractivity contribution in [3.8, 4) is 0 Å². The van der Waals surface area contributed by atoms with Gasteiger partial charge in [0.1, 0.15) is 5.82 Å². The van der Waals surface area contributed by atoms with Crippen molar-refractivity contribution in [2.45, 2.75) is 19.9 Å². The molecule has 5 heteroatoms. The van der Waals surface area contributed by atoms with E-state index in [9.17, 15) is 9.18 Å². The van der Waals surface area contributed by atoms with Gasteiger partial charge in [-0.3, -0.25) is 9.48 Å². The molecule has 0 fully saturated rings. The van der Waals surface area contributed by atoms with E-state index < -0.39 is 0 Å². The number of hydrogen-bond acceptors (Lipinski definition) is 2. The van der Waals surface area contributed by atoms with Crippen LogP contribution in [0.5, 0.6) is 0 Å². The zero-order valence-electron chi connectivity index (χ0n) is 10.1. The van der Waals surface area contributed by atoms with Crippen LogP contribution in [-0.4, -0.2) is 15.7 Å². The van der Waals surface area contributed by atoms with Gasteiger partial charge in [-0.05, 0) is 17.7 Å². The molecule has 2 aromatic rings. The highest BCUT2D eigenvalue weighted by molar-refractivity contribution is 5.89.